The summed E-state index contributed by atoms with van der Waals surface area (Å²) in [6.07, 6.45) is 8.35. The van der Waals surface area contributed by atoms with E-state index in [2.05, 4.69) is 39.5 Å². The van der Waals surface area contributed by atoms with Gasteiger partial charge >= 0.3 is 0 Å². The Morgan fingerprint density at radius 1 is 1.25 bits per heavy atom. The van der Waals surface area contributed by atoms with Gasteiger partial charge in [-0.15, -0.1) is 6.58 Å². The molecule has 1 N–H and O–H groups in total. The highest BCUT2D eigenvalue weighted by atomic mass is 32.2. The van der Waals surface area contributed by atoms with E-state index >= 15 is 0 Å². The fourth-order valence-electron chi connectivity index (χ4n) is 2.39. The third kappa shape index (κ3) is 6.58. The van der Waals surface area contributed by atoms with Gasteiger partial charge in [-0.25, -0.2) is 0 Å². The van der Waals surface area contributed by atoms with Crippen molar-refractivity contribution in [2.24, 2.45) is 0 Å². The molecule has 1 aromatic carbocycles. The number of aliphatic hydroxyl groups is 1. The molecule has 1 rings (SSSR count). The average molecular weight is 347 g/mol. The van der Waals surface area contributed by atoms with Gasteiger partial charge in [0.05, 0.1) is 21.7 Å². The Labute approximate surface area is 149 Å². The summed E-state index contributed by atoms with van der Waals surface area (Å²) in [5.41, 5.74) is 1.39. The molecule has 0 saturated heterocycles. The molecular formula is C21H30O2S. The van der Waals surface area contributed by atoms with Gasteiger partial charge in [0.25, 0.3) is 0 Å². The van der Waals surface area contributed by atoms with Crippen LogP contribution in [0, 0.1) is 0 Å². The molecule has 0 radical (unpaired) electrons. The molecule has 132 valence electrons. The van der Waals surface area contributed by atoms with Crippen LogP contribution in [0.15, 0.2) is 71.2 Å². The Morgan fingerprint density at radius 2 is 1.88 bits per heavy atom. The van der Waals surface area contributed by atoms with Gasteiger partial charge in [-0.2, -0.15) is 0 Å². The zero-order valence-corrected chi connectivity index (χ0v) is 16.1. The summed E-state index contributed by atoms with van der Waals surface area (Å²) in [5, 5.41) is 10.2. The predicted molar refractivity (Wildman–Crippen MR) is 104 cm³/mol. The van der Waals surface area contributed by atoms with Gasteiger partial charge < -0.3 is 5.11 Å². The minimum absolute atomic E-state index is 0.421. The van der Waals surface area contributed by atoms with Crippen LogP contribution >= 0.6 is 0 Å². The van der Waals surface area contributed by atoms with Crippen LogP contribution < -0.4 is 0 Å². The van der Waals surface area contributed by atoms with Crippen molar-refractivity contribution >= 4 is 10.8 Å². The fourth-order valence-corrected chi connectivity index (χ4v) is 3.95. The summed E-state index contributed by atoms with van der Waals surface area (Å²) in [4.78, 5) is 0.736. The molecule has 0 saturated carbocycles. The van der Waals surface area contributed by atoms with Crippen molar-refractivity contribution in [1.82, 2.24) is 0 Å². The molecule has 3 heteroatoms. The van der Waals surface area contributed by atoms with Crippen molar-refractivity contribution in [2.45, 2.75) is 62.7 Å². The zero-order chi connectivity index (χ0) is 18.2. The number of allylic oxidation sites excluding steroid dienone is 4. The van der Waals surface area contributed by atoms with Crippen molar-refractivity contribution in [3.63, 3.8) is 0 Å². The first-order valence-electron chi connectivity index (χ1n) is 8.38. The van der Waals surface area contributed by atoms with E-state index in [4.69, 9.17) is 0 Å². The molecule has 0 bridgehead atoms. The quantitative estimate of drug-likeness (QED) is 0.625. The molecule has 0 aliphatic carbocycles. The lowest BCUT2D eigenvalue weighted by Gasteiger charge is -2.29. The molecular weight excluding hydrogens is 316 g/mol. The number of hydrogen-bond donors (Lipinski definition) is 1. The Morgan fingerprint density at radius 3 is 2.42 bits per heavy atom. The Hall–Kier alpha value is -1.45. The molecule has 24 heavy (non-hydrogen) atoms. The molecule has 3 unspecified atom stereocenters. The largest absolute Gasteiger partial charge is 0.385 e. The van der Waals surface area contributed by atoms with Crippen molar-refractivity contribution in [1.29, 1.82) is 0 Å². The normalized spacial score (nSPS) is 16.8. The van der Waals surface area contributed by atoms with Gasteiger partial charge in [0, 0.05) is 4.90 Å². The lowest BCUT2D eigenvalue weighted by atomic mass is 9.98. The summed E-state index contributed by atoms with van der Waals surface area (Å²) in [6.45, 7) is 11.7. The van der Waals surface area contributed by atoms with Crippen LogP contribution in [-0.4, -0.2) is 20.2 Å². The molecule has 3 atom stereocenters. The number of rotatable bonds is 9. The van der Waals surface area contributed by atoms with Gasteiger partial charge in [-0.05, 0) is 59.1 Å². The molecule has 0 aliphatic heterocycles. The van der Waals surface area contributed by atoms with Crippen LogP contribution in [0.5, 0.6) is 0 Å². The summed E-state index contributed by atoms with van der Waals surface area (Å²) >= 11 is 0. The van der Waals surface area contributed by atoms with Crippen LogP contribution in [0.3, 0.4) is 0 Å². The smallest absolute Gasteiger partial charge is 0.0946 e. The highest BCUT2D eigenvalue weighted by molar-refractivity contribution is 7.85. The van der Waals surface area contributed by atoms with E-state index in [0.29, 0.717) is 6.42 Å². The summed E-state index contributed by atoms with van der Waals surface area (Å²) in [6, 6.07) is 9.32. The van der Waals surface area contributed by atoms with Gasteiger partial charge in [0.2, 0.25) is 0 Å². The van der Waals surface area contributed by atoms with Crippen molar-refractivity contribution in [2.75, 3.05) is 0 Å². The van der Waals surface area contributed by atoms with Crippen LogP contribution in [0.25, 0.3) is 0 Å². The highest BCUT2D eigenvalue weighted by Crippen LogP contribution is 2.26. The standard InChI is InChI=1S/C21H30O2S/c1-6-21(5,22)20(24(23)19-13-8-7-9-14-19)16-15-18(4)12-10-11-17(2)3/h6-9,11,13-15,20,22H,1,10,12,16H2,2-5H3. The maximum atomic E-state index is 12.9. The molecule has 0 fully saturated rings. The first-order valence-corrected chi connectivity index (χ1v) is 9.60. The maximum absolute atomic E-state index is 12.9. The molecule has 0 heterocycles. The van der Waals surface area contributed by atoms with Gasteiger partial charge in [-0.1, -0.05) is 47.6 Å². The van der Waals surface area contributed by atoms with E-state index in [1.54, 1.807) is 6.92 Å². The second-order valence-electron chi connectivity index (χ2n) is 6.64. The first-order chi connectivity index (χ1) is 11.3. The Bertz CT molecular complexity index is 608. The van der Waals surface area contributed by atoms with Crippen LogP contribution in [0.2, 0.25) is 0 Å². The monoisotopic (exact) mass is 346 g/mol. The Balaban J connectivity index is 2.90. The van der Waals surface area contributed by atoms with Crippen LogP contribution in [0.1, 0.15) is 47.0 Å². The van der Waals surface area contributed by atoms with Crippen molar-refractivity contribution < 1.29 is 9.32 Å². The van der Waals surface area contributed by atoms with Crippen molar-refractivity contribution in [3.05, 3.63) is 66.3 Å². The highest BCUT2D eigenvalue weighted by Gasteiger charge is 2.33. The lowest BCUT2D eigenvalue weighted by Crippen LogP contribution is -2.40. The number of benzene rings is 1. The van der Waals surface area contributed by atoms with E-state index in [0.717, 1.165) is 17.7 Å². The van der Waals surface area contributed by atoms with Crippen molar-refractivity contribution in [3.8, 4) is 0 Å². The van der Waals surface area contributed by atoms with E-state index < -0.39 is 21.7 Å². The fraction of sp³-hybridized carbons (Fsp3) is 0.429. The molecule has 2 nitrogen and oxygen atoms in total. The van der Waals surface area contributed by atoms with E-state index in [1.807, 2.05) is 30.3 Å². The van der Waals surface area contributed by atoms with Gasteiger partial charge in [0.15, 0.2) is 0 Å². The van der Waals surface area contributed by atoms with E-state index in [9.17, 15) is 9.32 Å². The predicted octanol–water partition coefficient (Wildman–Crippen LogP) is 5.18. The number of hydrogen-bond acceptors (Lipinski definition) is 2. The van der Waals surface area contributed by atoms with Gasteiger partial charge in [0.1, 0.15) is 0 Å². The third-order valence-electron chi connectivity index (χ3n) is 4.07. The lowest BCUT2D eigenvalue weighted by molar-refractivity contribution is 0.108. The second-order valence-corrected chi connectivity index (χ2v) is 8.27. The van der Waals surface area contributed by atoms with E-state index in [1.165, 1.54) is 17.2 Å². The molecule has 0 aliphatic rings. The molecule has 0 aromatic heterocycles. The summed E-state index contributed by atoms with van der Waals surface area (Å²) < 4.78 is 12.9. The SMILES string of the molecule is C=CC(C)(O)C(CC=C(C)CCC=C(C)C)S(=O)c1ccccc1. The zero-order valence-electron chi connectivity index (χ0n) is 15.3. The first kappa shape index (κ1) is 20.6. The maximum Gasteiger partial charge on any atom is 0.0946 e. The van der Waals surface area contributed by atoms with E-state index in [-0.39, 0.29) is 0 Å². The Kier molecular flexibility index (Phi) is 8.37. The average Bonchev–Trinajstić information content (AvgIpc) is 2.55. The van der Waals surface area contributed by atoms with Gasteiger partial charge in [-0.3, -0.25) is 4.21 Å². The summed E-state index contributed by atoms with van der Waals surface area (Å²) in [5.74, 6) is 0. The molecule has 1 aromatic rings. The third-order valence-corrected chi connectivity index (χ3v) is 5.99. The summed E-state index contributed by atoms with van der Waals surface area (Å²) in [7, 11) is -1.30. The molecule has 0 spiro atoms. The van der Waals surface area contributed by atoms with Crippen LogP contribution in [-0.2, 0) is 10.8 Å². The minimum atomic E-state index is -1.30. The topological polar surface area (TPSA) is 37.3 Å². The molecule has 0 amide bonds. The van der Waals surface area contributed by atoms with Crippen LogP contribution in [0.4, 0.5) is 0 Å². The second kappa shape index (κ2) is 9.75. The minimum Gasteiger partial charge on any atom is -0.385 e.